The highest BCUT2D eigenvalue weighted by atomic mass is 79.9. The minimum absolute atomic E-state index is 0.305. The highest BCUT2D eigenvalue weighted by Gasteiger charge is 2.10. The van der Waals surface area contributed by atoms with E-state index in [1.165, 1.54) is 4.88 Å². The molecule has 5 heteroatoms. The van der Waals surface area contributed by atoms with Crippen LogP contribution in [-0.2, 0) is 11.3 Å². The van der Waals surface area contributed by atoms with Gasteiger partial charge < -0.3 is 9.84 Å². The standard InChI is InChI=1S/C11H18BrNO2S/c1-9(14)6-13(3-4-15-2)7-11-5-10(12)8-16-11/h5,8-9,14H,3-4,6-7H2,1-2H3/t9-/m0/s1. The molecule has 0 aliphatic rings. The van der Waals surface area contributed by atoms with Crippen molar-refractivity contribution in [2.75, 3.05) is 26.8 Å². The van der Waals surface area contributed by atoms with Crippen LogP contribution in [0.2, 0.25) is 0 Å². The molecule has 0 aliphatic heterocycles. The van der Waals surface area contributed by atoms with E-state index in [0.29, 0.717) is 13.2 Å². The number of aliphatic hydroxyl groups excluding tert-OH is 1. The van der Waals surface area contributed by atoms with Gasteiger partial charge in [0, 0.05) is 41.5 Å². The van der Waals surface area contributed by atoms with Crippen LogP contribution >= 0.6 is 27.3 Å². The van der Waals surface area contributed by atoms with Crippen molar-refractivity contribution in [3.05, 3.63) is 20.8 Å². The van der Waals surface area contributed by atoms with Gasteiger partial charge in [-0.1, -0.05) is 0 Å². The van der Waals surface area contributed by atoms with Gasteiger partial charge in [0.2, 0.25) is 0 Å². The Hall–Kier alpha value is 0.0600. The van der Waals surface area contributed by atoms with Crippen LogP contribution in [0.1, 0.15) is 11.8 Å². The monoisotopic (exact) mass is 307 g/mol. The Bertz CT molecular complexity index is 304. The summed E-state index contributed by atoms with van der Waals surface area (Å²) < 4.78 is 6.19. The topological polar surface area (TPSA) is 32.7 Å². The highest BCUT2D eigenvalue weighted by Crippen LogP contribution is 2.21. The zero-order chi connectivity index (χ0) is 12.0. The van der Waals surface area contributed by atoms with Gasteiger partial charge in [-0.3, -0.25) is 4.90 Å². The lowest BCUT2D eigenvalue weighted by molar-refractivity contribution is 0.0945. The first-order valence-electron chi connectivity index (χ1n) is 5.24. The summed E-state index contributed by atoms with van der Waals surface area (Å²) in [4.78, 5) is 3.50. The van der Waals surface area contributed by atoms with Crippen LogP contribution < -0.4 is 0 Å². The van der Waals surface area contributed by atoms with E-state index < -0.39 is 0 Å². The quantitative estimate of drug-likeness (QED) is 0.839. The third kappa shape index (κ3) is 5.41. The number of halogens is 1. The van der Waals surface area contributed by atoms with Crippen molar-refractivity contribution in [2.45, 2.75) is 19.6 Å². The maximum atomic E-state index is 9.42. The molecule has 1 heterocycles. The molecule has 0 saturated carbocycles. The second-order valence-corrected chi connectivity index (χ2v) is 5.72. The minimum atomic E-state index is -0.305. The Balaban J connectivity index is 2.48. The molecule has 0 aromatic carbocycles. The molecule has 1 aromatic heterocycles. The Morgan fingerprint density at radius 3 is 2.88 bits per heavy atom. The van der Waals surface area contributed by atoms with Crippen molar-refractivity contribution in [3.8, 4) is 0 Å². The van der Waals surface area contributed by atoms with Gasteiger partial charge >= 0.3 is 0 Å². The van der Waals surface area contributed by atoms with E-state index in [-0.39, 0.29) is 6.10 Å². The van der Waals surface area contributed by atoms with E-state index in [9.17, 15) is 5.11 Å². The van der Waals surface area contributed by atoms with Gasteiger partial charge in [-0.2, -0.15) is 0 Å². The van der Waals surface area contributed by atoms with Crippen LogP contribution in [0.5, 0.6) is 0 Å². The normalized spacial score (nSPS) is 13.3. The molecule has 0 aliphatic carbocycles. The third-order valence-corrected chi connectivity index (χ3v) is 3.82. The van der Waals surface area contributed by atoms with Gasteiger partial charge in [-0.25, -0.2) is 0 Å². The van der Waals surface area contributed by atoms with Crippen molar-refractivity contribution in [2.24, 2.45) is 0 Å². The van der Waals surface area contributed by atoms with E-state index in [4.69, 9.17) is 4.74 Å². The molecular formula is C11H18BrNO2S. The van der Waals surface area contributed by atoms with Crippen molar-refractivity contribution in [1.82, 2.24) is 4.90 Å². The molecule has 92 valence electrons. The molecule has 1 rings (SSSR count). The molecule has 0 spiro atoms. The average molecular weight is 308 g/mol. The minimum Gasteiger partial charge on any atom is -0.392 e. The smallest absolute Gasteiger partial charge is 0.0639 e. The van der Waals surface area contributed by atoms with Crippen LogP contribution in [0.15, 0.2) is 15.9 Å². The molecule has 1 N–H and O–H groups in total. The number of methoxy groups -OCH3 is 1. The Morgan fingerprint density at radius 1 is 1.62 bits per heavy atom. The number of rotatable bonds is 7. The molecule has 0 unspecified atom stereocenters. The predicted molar refractivity (Wildman–Crippen MR) is 70.9 cm³/mol. The second kappa shape index (κ2) is 7.40. The summed E-state index contributed by atoms with van der Waals surface area (Å²) in [6, 6.07) is 2.12. The average Bonchev–Trinajstić information content (AvgIpc) is 2.59. The second-order valence-electron chi connectivity index (χ2n) is 3.81. The third-order valence-electron chi connectivity index (χ3n) is 2.14. The summed E-state index contributed by atoms with van der Waals surface area (Å²) in [5, 5.41) is 11.5. The fourth-order valence-corrected chi connectivity index (χ4v) is 2.98. The first-order chi connectivity index (χ1) is 7.61. The molecule has 3 nitrogen and oxygen atoms in total. The van der Waals surface area contributed by atoms with Crippen molar-refractivity contribution >= 4 is 27.3 Å². The fourth-order valence-electron chi connectivity index (χ4n) is 1.49. The van der Waals surface area contributed by atoms with Gasteiger partial charge in [0.25, 0.3) is 0 Å². The highest BCUT2D eigenvalue weighted by molar-refractivity contribution is 9.10. The van der Waals surface area contributed by atoms with Crippen LogP contribution in [0, 0.1) is 0 Å². The lowest BCUT2D eigenvalue weighted by Gasteiger charge is -2.22. The maximum Gasteiger partial charge on any atom is 0.0639 e. The molecule has 16 heavy (non-hydrogen) atoms. The molecule has 0 fully saturated rings. The number of hydrogen-bond acceptors (Lipinski definition) is 4. The summed E-state index contributed by atoms with van der Waals surface area (Å²) >= 11 is 5.17. The van der Waals surface area contributed by atoms with Gasteiger partial charge in [0.1, 0.15) is 0 Å². The summed E-state index contributed by atoms with van der Waals surface area (Å²) in [5.41, 5.74) is 0. The lowest BCUT2D eigenvalue weighted by Crippen LogP contribution is -2.33. The van der Waals surface area contributed by atoms with Crippen LogP contribution in [0.25, 0.3) is 0 Å². The molecule has 0 amide bonds. The molecular weight excluding hydrogens is 290 g/mol. The number of hydrogen-bond donors (Lipinski definition) is 1. The fraction of sp³-hybridized carbons (Fsp3) is 0.636. The SMILES string of the molecule is COCCN(Cc1cc(Br)cs1)C[C@H](C)O. The van der Waals surface area contributed by atoms with Gasteiger partial charge in [-0.15, -0.1) is 11.3 Å². The van der Waals surface area contributed by atoms with E-state index in [0.717, 1.165) is 17.6 Å². The van der Waals surface area contributed by atoms with Crippen molar-refractivity contribution < 1.29 is 9.84 Å². The summed E-state index contributed by atoms with van der Waals surface area (Å²) in [6.45, 7) is 4.89. The van der Waals surface area contributed by atoms with Crippen LogP contribution in [-0.4, -0.2) is 42.9 Å². The predicted octanol–water partition coefficient (Wildman–Crippen LogP) is 2.34. The summed E-state index contributed by atoms with van der Waals surface area (Å²) in [5.74, 6) is 0. The number of thiophene rings is 1. The van der Waals surface area contributed by atoms with E-state index in [1.807, 2.05) is 6.92 Å². The number of ether oxygens (including phenoxy) is 1. The first kappa shape index (κ1) is 14.1. The summed E-state index contributed by atoms with van der Waals surface area (Å²) in [6.07, 6.45) is -0.305. The number of aliphatic hydroxyl groups is 1. The van der Waals surface area contributed by atoms with Gasteiger partial charge in [0.05, 0.1) is 12.7 Å². The zero-order valence-electron chi connectivity index (χ0n) is 9.65. The van der Waals surface area contributed by atoms with Gasteiger partial charge in [-0.05, 0) is 28.9 Å². The largest absolute Gasteiger partial charge is 0.392 e. The van der Waals surface area contributed by atoms with Crippen LogP contribution in [0.4, 0.5) is 0 Å². The zero-order valence-corrected chi connectivity index (χ0v) is 12.1. The first-order valence-corrected chi connectivity index (χ1v) is 6.91. The molecule has 0 radical (unpaired) electrons. The van der Waals surface area contributed by atoms with Gasteiger partial charge in [0.15, 0.2) is 0 Å². The van der Waals surface area contributed by atoms with Crippen LogP contribution in [0.3, 0.4) is 0 Å². The lowest BCUT2D eigenvalue weighted by atomic mass is 10.3. The van der Waals surface area contributed by atoms with E-state index >= 15 is 0 Å². The summed E-state index contributed by atoms with van der Waals surface area (Å²) in [7, 11) is 1.70. The molecule has 0 bridgehead atoms. The molecule has 1 aromatic rings. The van der Waals surface area contributed by atoms with Crippen molar-refractivity contribution in [3.63, 3.8) is 0 Å². The number of nitrogens with zero attached hydrogens (tertiary/aromatic N) is 1. The van der Waals surface area contributed by atoms with E-state index in [2.05, 4.69) is 32.3 Å². The Labute approximate surface area is 109 Å². The molecule has 0 saturated heterocycles. The van der Waals surface area contributed by atoms with Crippen molar-refractivity contribution in [1.29, 1.82) is 0 Å². The Morgan fingerprint density at radius 2 is 2.38 bits per heavy atom. The molecule has 1 atom stereocenters. The maximum absolute atomic E-state index is 9.42. The Kier molecular flexibility index (Phi) is 6.53. The van der Waals surface area contributed by atoms with E-state index in [1.54, 1.807) is 18.4 Å².